The molecule has 1 fully saturated rings. The highest BCUT2D eigenvalue weighted by molar-refractivity contribution is 6.31. The van der Waals surface area contributed by atoms with Crippen LogP contribution in [0.4, 0.5) is 0 Å². The van der Waals surface area contributed by atoms with E-state index in [1.807, 2.05) is 0 Å². The largest absolute Gasteiger partial charge is 0.118 e. The lowest BCUT2D eigenvalue weighted by Crippen LogP contribution is -2.09. The van der Waals surface area contributed by atoms with Gasteiger partial charge in [-0.15, -0.1) is 11.6 Å². The topological polar surface area (TPSA) is 0 Å². The molecule has 18 heavy (non-hydrogen) atoms. The number of aryl methyl sites for hydroxylation is 2. The van der Waals surface area contributed by atoms with E-state index in [1.54, 1.807) is 0 Å². The van der Waals surface area contributed by atoms with Gasteiger partial charge < -0.3 is 0 Å². The smallest absolute Gasteiger partial charge is 0.0616 e. The molecule has 0 heterocycles. The average molecular weight is 285 g/mol. The fraction of sp³-hybridized carbons (Fsp3) is 0.625. The predicted octanol–water partition coefficient (Wildman–Crippen LogP) is 6.21. The lowest BCUT2D eigenvalue weighted by molar-refractivity contribution is 0.444. The van der Waals surface area contributed by atoms with Gasteiger partial charge in [0.2, 0.25) is 0 Å². The molecular formula is C16H22Cl2. The van der Waals surface area contributed by atoms with E-state index in [2.05, 4.69) is 26.0 Å². The fourth-order valence-corrected chi connectivity index (χ4v) is 3.66. The molecule has 0 aromatic heterocycles. The van der Waals surface area contributed by atoms with E-state index >= 15 is 0 Å². The van der Waals surface area contributed by atoms with Crippen molar-refractivity contribution in [1.29, 1.82) is 0 Å². The zero-order valence-electron chi connectivity index (χ0n) is 11.3. The van der Waals surface area contributed by atoms with Gasteiger partial charge in [-0.25, -0.2) is 0 Å². The lowest BCUT2D eigenvalue weighted by atomic mass is 9.89. The van der Waals surface area contributed by atoms with Crippen LogP contribution >= 0.6 is 23.2 Å². The van der Waals surface area contributed by atoms with Crippen molar-refractivity contribution < 1.29 is 0 Å². The average Bonchev–Trinajstić information content (AvgIpc) is 2.61. The molecule has 1 aromatic rings. The first kappa shape index (κ1) is 14.2. The zero-order valence-corrected chi connectivity index (χ0v) is 12.8. The maximum absolute atomic E-state index is 6.74. The summed E-state index contributed by atoms with van der Waals surface area (Å²) in [7, 11) is 0. The zero-order chi connectivity index (χ0) is 13.1. The van der Waals surface area contributed by atoms with E-state index in [0.717, 1.165) is 10.6 Å². The third-order valence-electron chi connectivity index (χ3n) is 4.16. The summed E-state index contributed by atoms with van der Waals surface area (Å²) in [4.78, 5) is 0. The van der Waals surface area contributed by atoms with Gasteiger partial charge in [-0.2, -0.15) is 0 Å². The second kappa shape index (κ2) is 6.30. The highest BCUT2D eigenvalue weighted by Crippen LogP contribution is 2.40. The Kier molecular flexibility index (Phi) is 4.98. The van der Waals surface area contributed by atoms with Crippen molar-refractivity contribution in [2.24, 2.45) is 5.92 Å². The molecule has 2 rings (SSSR count). The Balaban J connectivity index is 2.21. The number of alkyl halides is 1. The van der Waals surface area contributed by atoms with Crippen LogP contribution in [-0.4, -0.2) is 0 Å². The van der Waals surface area contributed by atoms with Crippen molar-refractivity contribution in [3.8, 4) is 0 Å². The molecular weight excluding hydrogens is 263 g/mol. The molecule has 0 spiro atoms. The first-order valence-electron chi connectivity index (χ1n) is 7.00. The van der Waals surface area contributed by atoms with Crippen LogP contribution in [0.5, 0.6) is 0 Å². The number of hydrogen-bond donors (Lipinski definition) is 0. The number of rotatable bonds is 2. The molecule has 0 N–H and O–H groups in total. The summed E-state index contributed by atoms with van der Waals surface area (Å²) >= 11 is 12.9. The van der Waals surface area contributed by atoms with Crippen molar-refractivity contribution in [2.45, 2.75) is 57.7 Å². The van der Waals surface area contributed by atoms with Gasteiger partial charge in [-0.05, 0) is 55.4 Å². The highest BCUT2D eigenvalue weighted by atomic mass is 35.5. The predicted molar refractivity (Wildman–Crippen MR) is 80.7 cm³/mol. The van der Waals surface area contributed by atoms with Crippen LogP contribution in [0.3, 0.4) is 0 Å². The molecule has 1 aliphatic carbocycles. The molecule has 0 saturated heterocycles. The van der Waals surface area contributed by atoms with Crippen molar-refractivity contribution in [3.63, 3.8) is 0 Å². The number of benzene rings is 1. The normalized spacial score (nSPS) is 19.6. The minimum absolute atomic E-state index is 0.152. The van der Waals surface area contributed by atoms with Crippen molar-refractivity contribution in [3.05, 3.63) is 33.8 Å². The molecule has 1 aliphatic rings. The van der Waals surface area contributed by atoms with Crippen molar-refractivity contribution >= 4 is 23.2 Å². The summed E-state index contributed by atoms with van der Waals surface area (Å²) in [6.45, 7) is 4.18. The van der Waals surface area contributed by atoms with Crippen LogP contribution in [-0.2, 0) is 0 Å². The van der Waals surface area contributed by atoms with E-state index in [1.165, 1.54) is 49.7 Å². The summed E-state index contributed by atoms with van der Waals surface area (Å²) in [6.07, 6.45) is 7.96. The molecule has 0 nitrogen and oxygen atoms in total. The van der Waals surface area contributed by atoms with Crippen LogP contribution in [0, 0.1) is 19.8 Å². The Labute approximate surface area is 121 Å². The van der Waals surface area contributed by atoms with E-state index in [4.69, 9.17) is 23.2 Å². The summed E-state index contributed by atoms with van der Waals surface area (Å²) in [5.74, 6) is 0.633. The van der Waals surface area contributed by atoms with E-state index in [9.17, 15) is 0 Å². The van der Waals surface area contributed by atoms with Crippen LogP contribution in [0.25, 0.3) is 0 Å². The number of hydrogen-bond acceptors (Lipinski definition) is 0. The highest BCUT2D eigenvalue weighted by Gasteiger charge is 2.23. The molecule has 100 valence electrons. The van der Waals surface area contributed by atoms with Crippen LogP contribution in [0.2, 0.25) is 5.02 Å². The second-order valence-corrected chi connectivity index (χ2v) is 6.49. The summed E-state index contributed by atoms with van der Waals surface area (Å²) < 4.78 is 0. The third kappa shape index (κ3) is 3.22. The lowest BCUT2D eigenvalue weighted by Gasteiger charge is -2.23. The van der Waals surface area contributed by atoms with Gasteiger partial charge >= 0.3 is 0 Å². The molecule has 1 atom stereocenters. The third-order valence-corrected chi connectivity index (χ3v) is 5.16. The summed E-state index contributed by atoms with van der Waals surface area (Å²) in [5.41, 5.74) is 3.65. The molecule has 0 aliphatic heterocycles. The van der Waals surface area contributed by atoms with Crippen molar-refractivity contribution in [2.75, 3.05) is 0 Å². The molecule has 0 radical (unpaired) electrons. The van der Waals surface area contributed by atoms with Gasteiger partial charge in [0.1, 0.15) is 0 Å². The summed E-state index contributed by atoms with van der Waals surface area (Å²) in [5, 5.41) is 1.00. The van der Waals surface area contributed by atoms with E-state index in [-0.39, 0.29) is 5.38 Å². The Morgan fingerprint density at radius 3 is 2.22 bits per heavy atom. The molecule has 1 unspecified atom stereocenters. The van der Waals surface area contributed by atoms with Gasteiger partial charge in [-0.1, -0.05) is 43.4 Å². The Morgan fingerprint density at radius 2 is 1.61 bits per heavy atom. The van der Waals surface area contributed by atoms with Gasteiger partial charge in [0.15, 0.2) is 0 Å². The van der Waals surface area contributed by atoms with E-state index < -0.39 is 0 Å². The molecule has 1 saturated carbocycles. The fourth-order valence-electron chi connectivity index (χ4n) is 2.96. The molecule has 0 amide bonds. The Bertz CT molecular complexity index is 404. The van der Waals surface area contributed by atoms with Crippen molar-refractivity contribution in [1.82, 2.24) is 0 Å². The van der Waals surface area contributed by atoms with Gasteiger partial charge in [-0.3, -0.25) is 0 Å². The Morgan fingerprint density at radius 1 is 1.00 bits per heavy atom. The number of halogens is 2. The maximum atomic E-state index is 6.74. The van der Waals surface area contributed by atoms with E-state index in [0.29, 0.717) is 5.92 Å². The molecule has 2 heteroatoms. The molecule has 0 bridgehead atoms. The van der Waals surface area contributed by atoms with Gasteiger partial charge in [0.25, 0.3) is 0 Å². The Hall–Kier alpha value is -0.200. The van der Waals surface area contributed by atoms with Crippen LogP contribution < -0.4 is 0 Å². The summed E-state index contributed by atoms with van der Waals surface area (Å²) in [6, 6.07) is 4.23. The maximum Gasteiger partial charge on any atom is 0.0616 e. The van der Waals surface area contributed by atoms with Crippen LogP contribution in [0.15, 0.2) is 12.1 Å². The van der Waals surface area contributed by atoms with Crippen LogP contribution in [0.1, 0.15) is 60.6 Å². The minimum Gasteiger partial charge on any atom is -0.118 e. The monoisotopic (exact) mass is 284 g/mol. The standard InChI is InChI=1S/C16H22Cl2/c1-11-10-15(17)12(2)9-14(11)16(18)13-7-5-3-4-6-8-13/h9-10,13,16H,3-8H2,1-2H3. The SMILES string of the molecule is Cc1cc(C(Cl)C2CCCCCC2)c(C)cc1Cl. The minimum atomic E-state index is 0.152. The van der Waals surface area contributed by atoms with Gasteiger partial charge in [0, 0.05) is 5.02 Å². The first-order valence-corrected chi connectivity index (χ1v) is 7.81. The second-order valence-electron chi connectivity index (χ2n) is 5.61. The van der Waals surface area contributed by atoms with Gasteiger partial charge in [0.05, 0.1) is 5.38 Å². The first-order chi connectivity index (χ1) is 8.59. The molecule has 1 aromatic carbocycles. The quantitative estimate of drug-likeness (QED) is 0.448.